The lowest BCUT2D eigenvalue weighted by Gasteiger charge is -2.24. The van der Waals surface area contributed by atoms with Gasteiger partial charge in [0.2, 0.25) is 17.6 Å². The minimum Gasteiger partial charge on any atom is -0.368 e. The highest BCUT2D eigenvalue weighted by Gasteiger charge is 2.25. The Bertz CT molecular complexity index is 868. The molecule has 0 bridgehead atoms. The van der Waals surface area contributed by atoms with Gasteiger partial charge in [-0.25, -0.2) is 4.39 Å². The number of likely N-dealkylation sites (N-methyl/N-ethyl adjacent to an activating group) is 1. The van der Waals surface area contributed by atoms with Gasteiger partial charge in [0, 0.05) is 6.20 Å². The van der Waals surface area contributed by atoms with E-state index in [4.69, 9.17) is 10.3 Å². The summed E-state index contributed by atoms with van der Waals surface area (Å²) in [4.78, 5) is 21.9. The van der Waals surface area contributed by atoms with Crippen LogP contribution in [0.1, 0.15) is 17.5 Å². The van der Waals surface area contributed by atoms with Gasteiger partial charge in [0.1, 0.15) is 17.6 Å². The van der Waals surface area contributed by atoms with Crippen LogP contribution in [0.25, 0.3) is 11.5 Å². The Labute approximate surface area is 143 Å². The molecular formula is C17H16FN5O2. The lowest BCUT2D eigenvalue weighted by Crippen LogP contribution is -2.35. The van der Waals surface area contributed by atoms with Crippen LogP contribution in [0.3, 0.4) is 0 Å². The van der Waals surface area contributed by atoms with Gasteiger partial charge in [-0.15, -0.1) is 0 Å². The molecule has 3 rings (SSSR count). The number of hydrogen-bond acceptors (Lipinski definition) is 6. The van der Waals surface area contributed by atoms with Crippen molar-refractivity contribution >= 4 is 5.91 Å². The zero-order chi connectivity index (χ0) is 17.8. The van der Waals surface area contributed by atoms with Crippen molar-refractivity contribution in [3.63, 3.8) is 0 Å². The van der Waals surface area contributed by atoms with Crippen molar-refractivity contribution < 1.29 is 13.7 Å². The SMILES string of the molecule is CN(Cc1nc(-c2ccccn2)no1)[C@@H](C(N)=O)c1cccc(F)c1. The number of pyridine rings is 1. The maximum absolute atomic E-state index is 13.5. The largest absolute Gasteiger partial charge is 0.368 e. The average molecular weight is 341 g/mol. The first-order valence-electron chi connectivity index (χ1n) is 7.53. The number of carbonyl (C=O) groups excluding carboxylic acids is 1. The number of nitrogens with two attached hydrogens (primary N) is 1. The van der Waals surface area contributed by atoms with Crippen LogP contribution in [-0.2, 0) is 11.3 Å². The lowest BCUT2D eigenvalue weighted by molar-refractivity contribution is -0.123. The molecule has 2 aromatic heterocycles. The predicted molar refractivity (Wildman–Crippen MR) is 87.3 cm³/mol. The number of carbonyl (C=O) groups is 1. The highest BCUT2D eigenvalue weighted by atomic mass is 19.1. The summed E-state index contributed by atoms with van der Waals surface area (Å²) >= 11 is 0. The summed E-state index contributed by atoms with van der Waals surface area (Å²) in [6.07, 6.45) is 1.63. The number of halogens is 1. The Morgan fingerprint density at radius 2 is 2.16 bits per heavy atom. The summed E-state index contributed by atoms with van der Waals surface area (Å²) < 4.78 is 18.7. The minimum atomic E-state index is -0.819. The van der Waals surface area contributed by atoms with Crippen molar-refractivity contribution in [1.82, 2.24) is 20.0 Å². The van der Waals surface area contributed by atoms with Crippen LogP contribution >= 0.6 is 0 Å². The molecule has 1 atom stereocenters. The molecule has 0 saturated carbocycles. The highest BCUT2D eigenvalue weighted by Crippen LogP contribution is 2.22. The molecule has 0 aliphatic carbocycles. The Morgan fingerprint density at radius 3 is 2.84 bits per heavy atom. The first kappa shape index (κ1) is 16.7. The Kier molecular flexibility index (Phi) is 4.80. The molecule has 128 valence electrons. The summed E-state index contributed by atoms with van der Waals surface area (Å²) in [5.74, 6) is -0.388. The normalized spacial score (nSPS) is 12.3. The maximum atomic E-state index is 13.5. The molecule has 0 aliphatic rings. The van der Waals surface area contributed by atoms with E-state index in [1.165, 1.54) is 18.2 Å². The van der Waals surface area contributed by atoms with Crippen molar-refractivity contribution in [2.75, 3.05) is 7.05 Å². The van der Waals surface area contributed by atoms with Gasteiger partial charge >= 0.3 is 0 Å². The van der Waals surface area contributed by atoms with Crippen LogP contribution in [0.4, 0.5) is 4.39 Å². The lowest BCUT2D eigenvalue weighted by atomic mass is 10.0. The summed E-state index contributed by atoms with van der Waals surface area (Å²) in [6, 6.07) is 10.3. The molecule has 1 amide bonds. The quantitative estimate of drug-likeness (QED) is 0.735. The molecule has 0 unspecified atom stereocenters. The number of benzene rings is 1. The molecule has 2 heterocycles. The summed E-state index contributed by atoms with van der Waals surface area (Å²) in [6.45, 7) is 0.171. The third kappa shape index (κ3) is 3.86. The third-order valence-corrected chi connectivity index (χ3v) is 3.62. The monoisotopic (exact) mass is 341 g/mol. The van der Waals surface area contributed by atoms with Gasteiger partial charge in [-0.3, -0.25) is 14.7 Å². The molecule has 7 nitrogen and oxygen atoms in total. The smallest absolute Gasteiger partial charge is 0.241 e. The van der Waals surface area contributed by atoms with E-state index in [9.17, 15) is 9.18 Å². The van der Waals surface area contributed by atoms with Crippen molar-refractivity contribution in [3.05, 3.63) is 65.9 Å². The highest BCUT2D eigenvalue weighted by molar-refractivity contribution is 5.81. The first-order valence-corrected chi connectivity index (χ1v) is 7.53. The summed E-state index contributed by atoms with van der Waals surface area (Å²) in [5, 5.41) is 3.88. The Morgan fingerprint density at radius 1 is 1.32 bits per heavy atom. The van der Waals surface area contributed by atoms with Crippen molar-refractivity contribution in [1.29, 1.82) is 0 Å². The van der Waals surface area contributed by atoms with Crippen molar-refractivity contribution in [2.24, 2.45) is 5.73 Å². The van der Waals surface area contributed by atoms with Gasteiger partial charge in [0.15, 0.2) is 0 Å². The minimum absolute atomic E-state index is 0.171. The molecule has 0 saturated heterocycles. The number of hydrogen-bond donors (Lipinski definition) is 1. The van der Waals surface area contributed by atoms with Crippen LogP contribution in [-0.4, -0.2) is 33.0 Å². The van der Waals surface area contributed by atoms with Gasteiger partial charge < -0.3 is 10.3 Å². The number of aromatic nitrogens is 3. The molecular weight excluding hydrogens is 325 g/mol. The standard InChI is InChI=1S/C17H16FN5O2/c1-23(15(16(19)24)11-5-4-6-12(18)9-11)10-14-21-17(22-25-14)13-7-2-3-8-20-13/h2-9,15H,10H2,1H3,(H2,19,24)/t15-/m1/s1. The molecule has 0 fully saturated rings. The zero-order valence-corrected chi connectivity index (χ0v) is 13.5. The van der Waals surface area contributed by atoms with Crippen LogP contribution < -0.4 is 5.73 Å². The molecule has 3 aromatic rings. The average Bonchev–Trinajstić information content (AvgIpc) is 3.04. The second-order valence-corrected chi connectivity index (χ2v) is 5.50. The first-order chi connectivity index (χ1) is 12.0. The van der Waals surface area contributed by atoms with E-state index in [1.807, 2.05) is 6.07 Å². The van der Waals surface area contributed by atoms with Crippen LogP contribution in [0.15, 0.2) is 53.2 Å². The number of rotatable bonds is 6. The summed E-state index contributed by atoms with van der Waals surface area (Å²) in [7, 11) is 1.67. The van der Waals surface area contributed by atoms with E-state index in [1.54, 1.807) is 36.3 Å². The second kappa shape index (κ2) is 7.18. The predicted octanol–water partition coefficient (Wildman–Crippen LogP) is 1.93. The molecule has 2 N–H and O–H groups in total. The fourth-order valence-corrected chi connectivity index (χ4v) is 2.54. The fraction of sp³-hybridized carbons (Fsp3) is 0.176. The Balaban J connectivity index is 1.79. The van der Waals surface area contributed by atoms with Gasteiger partial charge in [-0.2, -0.15) is 4.98 Å². The van der Waals surface area contributed by atoms with Crippen LogP contribution in [0.2, 0.25) is 0 Å². The fourth-order valence-electron chi connectivity index (χ4n) is 2.54. The molecule has 8 heteroatoms. The second-order valence-electron chi connectivity index (χ2n) is 5.50. The van der Waals surface area contributed by atoms with Gasteiger partial charge in [-0.05, 0) is 36.9 Å². The number of nitrogens with zero attached hydrogens (tertiary/aromatic N) is 4. The summed E-state index contributed by atoms with van der Waals surface area (Å²) in [5.41, 5.74) is 6.53. The van der Waals surface area contributed by atoms with Crippen molar-refractivity contribution in [3.8, 4) is 11.5 Å². The van der Waals surface area contributed by atoms with Gasteiger partial charge in [0.05, 0.1) is 6.54 Å². The maximum Gasteiger partial charge on any atom is 0.241 e. The Hall–Kier alpha value is -3.13. The van der Waals surface area contributed by atoms with Crippen molar-refractivity contribution in [2.45, 2.75) is 12.6 Å². The van der Waals surface area contributed by atoms with E-state index in [0.717, 1.165) is 0 Å². The van der Waals surface area contributed by atoms with Gasteiger partial charge in [0.25, 0.3) is 0 Å². The van der Waals surface area contributed by atoms with Crippen LogP contribution in [0, 0.1) is 5.82 Å². The van der Waals surface area contributed by atoms with E-state index in [2.05, 4.69) is 15.1 Å². The van der Waals surface area contributed by atoms with Crippen LogP contribution in [0.5, 0.6) is 0 Å². The molecule has 0 spiro atoms. The topological polar surface area (TPSA) is 98.1 Å². The van der Waals surface area contributed by atoms with E-state index in [0.29, 0.717) is 23.0 Å². The molecule has 25 heavy (non-hydrogen) atoms. The van der Waals surface area contributed by atoms with E-state index < -0.39 is 17.8 Å². The van der Waals surface area contributed by atoms with E-state index >= 15 is 0 Å². The molecule has 1 aromatic carbocycles. The zero-order valence-electron chi connectivity index (χ0n) is 13.5. The third-order valence-electron chi connectivity index (χ3n) is 3.62. The molecule has 0 radical (unpaired) electrons. The number of primary amides is 1. The van der Waals surface area contributed by atoms with E-state index in [-0.39, 0.29) is 6.54 Å². The number of amides is 1. The van der Waals surface area contributed by atoms with Gasteiger partial charge in [-0.1, -0.05) is 23.4 Å². The molecule has 0 aliphatic heterocycles.